The van der Waals surface area contributed by atoms with Gasteiger partial charge in [0.1, 0.15) is 0 Å². The molecule has 0 saturated heterocycles. The summed E-state index contributed by atoms with van der Waals surface area (Å²) >= 11 is 3.40. The minimum atomic E-state index is -0.194. The van der Waals surface area contributed by atoms with Gasteiger partial charge in [-0.2, -0.15) is 0 Å². The summed E-state index contributed by atoms with van der Waals surface area (Å²) in [6.45, 7) is 1.94. The van der Waals surface area contributed by atoms with Gasteiger partial charge in [0.15, 0.2) is 11.5 Å². The van der Waals surface area contributed by atoms with Crippen molar-refractivity contribution < 1.29 is 14.3 Å². The molecule has 1 N–H and O–H groups in total. The lowest BCUT2D eigenvalue weighted by molar-refractivity contribution is -0.111. The number of benzene rings is 2. The van der Waals surface area contributed by atoms with Gasteiger partial charge in [0.05, 0.1) is 14.2 Å². The zero-order chi connectivity index (χ0) is 16.8. The molecule has 0 aromatic heterocycles. The number of rotatable bonds is 5. The van der Waals surface area contributed by atoms with Crippen LogP contribution in [-0.2, 0) is 4.79 Å². The first kappa shape index (κ1) is 17.1. The number of anilines is 1. The molecule has 0 spiro atoms. The van der Waals surface area contributed by atoms with Crippen LogP contribution in [0.15, 0.2) is 46.9 Å². The Bertz CT molecular complexity index is 741. The summed E-state index contributed by atoms with van der Waals surface area (Å²) in [5.74, 6) is 1.08. The van der Waals surface area contributed by atoms with Crippen LogP contribution >= 0.6 is 15.9 Å². The normalized spacial score (nSPS) is 10.6. The lowest BCUT2D eigenvalue weighted by atomic mass is 10.1. The number of methoxy groups -OCH3 is 2. The highest BCUT2D eigenvalue weighted by molar-refractivity contribution is 9.10. The van der Waals surface area contributed by atoms with E-state index < -0.39 is 0 Å². The SMILES string of the molecule is COc1ccc(C=CC(=O)Nc2cc(Br)ccc2C)cc1OC. The number of hydrogen-bond acceptors (Lipinski definition) is 3. The molecule has 120 valence electrons. The van der Waals surface area contributed by atoms with Crippen LogP contribution in [0.5, 0.6) is 11.5 Å². The molecular formula is C18H18BrNO3. The van der Waals surface area contributed by atoms with E-state index in [1.54, 1.807) is 26.4 Å². The second kappa shape index (κ2) is 7.83. The van der Waals surface area contributed by atoms with E-state index in [2.05, 4.69) is 21.2 Å². The van der Waals surface area contributed by atoms with Crippen molar-refractivity contribution in [2.45, 2.75) is 6.92 Å². The maximum absolute atomic E-state index is 12.1. The van der Waals surface area contributed by atoms with Gasteiger partial charge in [-0.05, 0) is 48.4 Å². The van der Waals surface area contributed by atoms with E-state index in [0.717, 1.165) is 21.3 Å². The molecule has 5 heteroatoms. The van der Waals surface area contributed by atoms with Gasteiger partial charge in [0.25, 0.3) is 0 Å². The van der Waals surface area contributed by atoms with Crippen LogP contribution in [0.2, 0.25) is 0 Å². The zero-order valence-corrected chi connectivity index (χ0v) is 14.8. The van der Waals surface area contributed by atoms with Crippen molar-refractivity contribution in [1.29, 1.82) is 0 Å². The third kappa shape index (κ3) is 4.60. The zero-order valence-electron chi connectivity index (χ0n) is 13.2. The molecular weight excluding hydrogens is 358 g/mol. The Kier molecular flexibility index (Phi) is 5.82. The monoisotopic (exact) mass is 375 g/mol. The molecule has 0 radical (unpaired) electrons. The standard InChI is InChI=1S/C18H18BrNO3/c1-12-4-7-14(19)11-15(12)20-18(21)9-6-13-5-8-16(22-2)17(10-13)23-3/h4-11H,1-3H3,(H,20,21). The molecule has 0 aliphatic heterocycles. The maximum Gasteiger partial charge on any atom is 0.248 e. The fraction of sp³-hybridized carbons (Fsp3) is 0.167. The molecule has 2 aromatic carbocycles. The van der Waals surface area contributed by atoms with Crippen molar-refractivity contribution in [3.8, 4) is 11.5 Å². The van der Waals surface area contributed by atoms with Crippen LogP contribution in [0.4, 0.5) is 5.69 Å². The number of hydrogen-bond donors (Lipinski definition) is 1. The van der Waals surface area contributed by atoms with E-state index in [0.29, 0.717) is 11.5 Å². The predicted molar refractivity (Wildman–Crippen MR) is 96.1 cm³/mol. The van der Waals surface area contributed by atoms with Gasteiger partial charge in [-0.3, -0.25) is 4.79 Å². The Morgan fingerprint density at radius 3 is 2.52 bits per heavy atom. The van der Waals surface area contributed by atoms with E-state index in [9.17, 15) is 4.79 Å². The summed E-state index contributed by atoms with van der Waals surface area (Å²) in [7, 11) is 3.16. The largest absolute Gasteiger partial charge is 0.493 e. The highest BCUT2D eigenvalue weighted by Crippen LogP contribution is 2.28. The molecule has 4 nitrogen and oxygen atoms in total. The van der Waals surface area contributed by atoms with E-state index in [4.69, 9.17) is 9.47 Å². The van der Waals surface area contributed by atoms with Gasteiger partial charge in [-0.1, -0.05) is 28.1 Å². The molecule has 0 saturated carbocycles. The summed E-state index contributed by atoms with van der Waals surface area (Å²) in [6, 6.07) is 11.2. The molecule has 0 atom stereocenters. The average Bonchev–Trinajstić information content (AvgIpc) is 2.56. The van der Waals surface area contributed by atoms with Crippen LogP contribution in [0.25, 0.3) is 6.08 Å². The van der Waals surface area contributed by atoms with E-state index in [1.807, 2.05) is 37.3 Å². The van der Waals surface area contributed by atoms with Gasteiger partial charge in [0, 0.05) is 16.2 Å². The Balaban J connectivity index is 2.10. The Morgan fingerprint density at radius 1 is 1.09 bits per heavy atom. The summed E-state index contributed by atoms with van der Waals surface area (Å²) in [5, 5.41) is 2.86. The summed E-state index contributed by atoms with van der Waals surface area (Å²) in [4.78, 5) is 12.1. The lowest BCUT2D eigenvalue weighted by Crippen LogP contribution is -2.08. The Morgan fingerprint density at radius 2 is 1.83 bits per heavy atom. The quantitative estimate of drug-likeness (QED) is 0.786. The summed E-state index contributed by atoms with van der Waals surface area (Å²) in [6.07, 6.45) is 3.21. The number of halogens is 1. The molecule has 1 amide bonds. The number of carbonyl (C=O) groups excluding carboxylic acids is 1. The van der Waals surface area contributed by atoms with E-state index in [-0.39, 0.29) is 5.91 Å². The van der Waals surface area contributed by atoms with Crippen molar-refractivity contribution >= 4 is 33.6 Å². The molecule has 23 heavy (non-hydrogen) atoms. The highest BCUT2D eigenvalue weighted by atomic mass is 79.9. The number of aryl methyl sites for hydroxylation is 1. The molecule has 0 heterocycles. The van der Waals surface area contributed by atoms with Crippen LogP contribution in [0.3, 0.4) is 0 Å². The fourth-order valence-electron chi connectivity index (χ4n) is 2.03. The highest BCUT2D eigenvalue weighted by Gasteiger charge is 2.04. The molecule has 0 aliphatic carbocycles. The third-order valence-electron chi connectivity index (χ3n) is 3.29. The van der Waals surface area contributed by atoms with Gasteiger partial charge in [-0.15, -0.1) is 0 Å². The number of carbonyl (C=O) groups is 1. The van der Waals surface area contributed by atoms with Gasteiger partial charge < -0.3 is 14.8 Å². The molecule has 2 aromatic rings. The first-order valence-electron chi connectivity index (χ1n) is 7.00. The average molecular weight is 376 g/mol. The van der Waals surface area contributed by atoms with E-state index in [1.165, 1.54) is 6.08 Å². The van der Waals surface area contributed by atoms with Crippen molar-refractivity contribution in [2.75, 3.05) is 19.5 Å². The molecule has 0 unspecified atom stereocenters. The Hall–Kier alpha value is -2.27. The van der Waals surface area contributed by atoms with Crippen LogP contribution in [0, 0.1) is 6.92 Å². The smallest absolute Gasteiger partial charge is 0.248 e. The minimum absolute atomic E-state index is 0.194. The lowest BCUT2D eigenvalue weighted by Gasteiger charge is -2.08. The van der Waals surface area contributed by atoms with Crippen molar-refractivity contribution in [2.24, 2.45) is 0 Å². The minimum Gasteiger partial charge on any atom is -0.493 e. The number of ether oxygens (including phenoxy) is 2. The van der Waals surface area contributed by atoms with Gasteiger partial charge in [0.2, 0.25) is 5.91 Å². The molecule has 0 fully saturated rings. The molecule has 0 aliphatic rings. The van der Waals surface area contributed by atoms with Crippen molar-refractivity contribution in [3.05, 3.63) is 58.1 Å². The third-order valence-corrected chi connectivity index (χ3v) is 3.79. The first-order valence-corrected chi connectivity index (χ1v) is 7.80. The fourth-order valence-corrected chi connectivity index (χ4v) is 2.39. The Labute approximate surface area is 144 Å². The molecule has 2 rings (SSSR count). The number of nitrogens with one attached hydrogen (secondary N) is 1. The topological polar surface area (TPSA) is 47.6 Å². The maximum atomic E-state index is 12.1. The van der Waals surface area contributed by atoms with Crippen molar-refractivity contribution in [3.63, 3.8) is 0 Å². The van der Waals surface area contributed by atoms with Gasteiger partial charge >= 0.3 is 0 Å². The predicted octanol–water partition coefficient (Wildman–Crippen LogP) is 4.43. The van der Waals surface area contributed by atoms with Crippen LogP contribution in [0.1, 0.15) is 11.1 Å². The summed E-state index contributed by atoms with van der Waals surface area (Å²) in [5.41, 5.74) is 2.63. The van der Waals surface area contributed by atoms with E-state index >= 15 is 0 Å². The molecule has 0 bridgehead atoms. The second-order valence-electron chi connectivity index (χ2n) is 4.90. The van der Waals surface area contributed by atoms with Crippen molar-refractivity contribution in [1.82, 2.24) is 0 Å². The van der Waals surface area contributed by atoms with Crippen LogP contribution in [-0.4, -0.2) is 20.1 Å². The van der Waals surface area contributed by atoms with Crippen LogP contribution < -0.4 is 14.8 Å². The van der Waals surface area contributed by atoms with Gasteiger partial charge in [-0.25, -0.2) is 0 Å². The summed E-state index contributed by atoms with van der Waals surface area (Å²) < 4.78 is 11.3. The number of amides is 1. The first-order chi connectivity index (χ1) is 11.0. The second-order valence-corrected chi connectivity index (χ2v) is 5.81.